The molecule has 0 amide bonds. The SMILES string of the molecule is N#Cc1cc(F)cc(C#Cc2cccc(C#N)n2)c1. The van der Waals surface area contributed by atoms with E-state index < -0.39 is 5.82 Å². The van der Waals surface area contributed by atoms with Gasteiger partial charge in [0, 0.05) is 5.56 Å². The molecule has 0 bridgehead atoms. The Morgan fingerprint density at radius 3 is 2.37 bits per heavy atom. The minimum atomic E-state index is -0.512. The van der Waals surface area contributed by atoms with Gasteiger partial charge in [-0.15, -0.1) is 0 Å². The third kappa shape index (κ3) is 3.16. The van der Waals surface area contributed by atoms with Gasteiger partial charge in [0.25, 0.3) is 0 Å². The fourth-order valence-corrected chi connectivity index (χ4v) is 1.43. The van der Waals surface area contributed by atoms with E-state index in [0.717, 1.165) is 6.07 Å². The number of hydrogen-bond donors (Lipinski definition) is 0. The highest BCUT2D eigenvalue weighted by Crippen LogP contribution is 2.07. The topological polar surface area (TPSA) is 60.5 Å². The average Bonchev–Trinajstić information content (AvgIpc) is 2.44. The second-order valence-electron chi connectivity index (χ2n) is 3.61. The molecule has 2 aromatic rings. The van der Waals surface area contributed by atoms with Crippen molar-refractivity contribution in [2.45, 2.75) is 0 Å². The normalized spacial score (nSPS) is 8.79. The molecule has 4 heteroatoms. The fraction of sp³-hybridized carbons (Fsp3) is 0. The Hall–Kier alpha value is -3.16. The molecule has 0 saturated heterocycles. The summed E-state index contributed by atoms with van der Waals surface area (Å²) >= 11 is 0. The summed E-state index contributed by atoms with van der Waals surface area (Å²) in [4.78, 5) is 3.98. The number of nitrogens with zero attached hydrogens (tertiary/aromatic N) is 3. The average molecular weight is 247 g/mol. The summed E-state index contributed by atoms with van der Waals surface area (Å²) < 4.78 is 13.2. The van der Waals surface area contributed by atoms with Crippen molar-refractivity contribution < 1.29 is 4.39 Å². The number of pyridine rings is 1. The van der Waals surface area contributed by atoms with Crippen molar-refractivity contribution in [2.75, 3.05) is 0 Å². The van der Waals surface area contributed by atoms with Crippen LogP contribution < -0.4 is 0 Å². The van der Waals surface area contributed by atoms with Gasteiger partial charge < -0.3 is 0 Å². The van der Waals surface area contributed by atoms with Crippen molar-refractivity contribution in [3.63, 3.8) is 0 Å². The lowest BCUT2D eigenvalue weighted by molar-refractivity contribution is 0.627. The lowest BCUT2D eigenvalue weighted by Gasteiger charge is -1.94. The molecule has 1 heterocycles. The Labute approximate surface area is 109 Å². The molecule has 0 aliphatic heterocycles. The van der Waals surface area contributed by atoms with E-state index in [1.54, 1.807) is 18.2 Å². The predicted octanol–water partition coefficient (Wildman–Crippen LogP) is 2.36. The lowest BCUT2D eigenvalue weighted by Crippen LogP contribution is -1.87. The summed E-state index contributed by atoms with van der Waals surface area (Å²) in [5.74, 6) is 4.93. The first-order valence-electron chi connectivity index (χ1n) is 5.31. The van der Waals surface area contributed by atoms with Gasteiger partial charge >= 0.3 is 0 Å². The lowest BCUT2D eigenvalue weighted by atomic mass is 10.1. The van der Waals surface area contributed by atoms with Gasteiger partial charge in [-0.3, -0.25) is 0 Å². The first-order valence-corrected chi connectivity index (χ1v) is 5.31. The van der Waals surface area contributed by atoms with E-state index in [1.807, 2.05) is 12.1 Å². The van der Waals surface area contributed by atoms with Gasteiger partial charge in [0.1, 0.15) is 23.3 Å². The van der Waals surface area contributed by atoms with Gasteiger partial charge in [0.05, 0.1) is 11.6 Å². The van der Waals surface area contributed by atoms with Crippen LogP contribution in [0.15, 0.2) is 36.4 Å². The number of aromatic nitrogens is 1. The summed E-state index contributed by atoms with van der Waals surface area (Å²) in [5.41, 5.74) is 1.29. The molecule has 0 aliphatic carbocycles. The number of nitriles is 2. The number of benzene rings is 1. The van der Waals surface area contributed by atoms with Crippen LogP contribution in [0.2, 0.25) is 0 Å². The molecule has 0 aliphatic rings. The molecule has 0 fully saturated rings. The molecular formula is C15H6FN3. The van der Waals surface area contributed by atoms with E-state index in [-0.39, 0.29) is 11.3 Å². The molecule has 1 aromatic carbocycles. The van der Waals surface area contributed by atoms with Crippen LogP contribution in [0.4, 0.5) is 4.39 Å². The highest BCUT2D eigenvalue weighted by atomic mass is 19.1. The number of halogens is 1. The van der Waals surface area contributed by atoms with Crippen LogP contribution in [0.5, 0.6) is 0 Å². The van der Waals surface area contributed by atoms with Crippen molar-refractivity contribution in [3.05, 3.63) is 64.7 Å². The summed E-state index contributed by atoms with van der Waals surface area (Å²) in [6.45, 7) is 0. The maximum atomic E-state index is 13.2. The first-order chi connectivity index (χ1) is 9.21. The summed E-state index contributed by atoms with van der Waals surface area (Å²) in [6, 6.07) is 12.5. The van der Waals surface area contributed by atoms with E-state index in [0.29, 0.717) is 11.3 Å². The van der Waals surface area contributed by atoms with E-state index in [9.17, 15) is 4.39 Å². The third-order valence-corrected chi connectivity index (χ3v) is 2.23. The van der Waals surface area contributed by atoms with Crippen LogP contribution in [-0.2, 0) is 0 Å². The quantitative estimate of drug-likeness (QED) is 0.671. The minimum Gasteiger partial charge on any atom is -0.229 e. The van der Waals surface area contributed by atoms with Crippen molar-refractivity contribution in [1.82, 2.24) is 4.98 Å². The highest BCUT2D eigenvalue weighted by molar-refractivity contribution is 5.45. The monoisotopic (exact) mass is 247 g/mol. The zero-order valence-electron chi connectivity index (χ0n) is 9.68. The molecule has 2 rings (SSSR count). The highest BCUT2D eigenvalue weighted by Gasteiger charge is 1.98. The molecule has 3 nitrogen and oxygen atoms in total. The third-order valence-electron chi connectivity index (χ3n) is 2.23. The van der Waals surface area contributed by atoms with Crippen LogP contribution in [0.3, 0.4) is 0 Å². The van der Waals surface area contributed by atoms with Crippen molar-refractivity contribution >= 4 is 0 Å². The molecule has 88 valence electrons. The molecule has 19 heavy (non-hydrogen) atoms. The van der Waals surface area contributed by atoms with Crippen molar-refractivity contribution in [2.24, 2.45) is 0 Å². The largest absolute Gasteiger partial charge is 0.229 e. The minimum absolute atomic E-state index is 0.211. The van der Waals surface area contributed by atoms with Gasteiger partial charge in [0.2, 0.25) is 0 Å². The molecule has 0 spiro atoms. The molecule has 0 N–H and O–H groups in total. The van der Waals surface area contributed by atoms with Gasteiger partial charge in [-0.1, -0.05) is 12.0 Å². The summed E-state index contributed by atoms with van der Waals surface area (Å²) in [7, 11) is 0. The Morgan fingerprint density at radius 2 is 1.63 bits per heavy atom. The molecule has 0 unspecified atom stereocenters. The van der Waals surface area contributed by atoms with E-state index in [2.05, 4.69) is 16.8 Å². The molecule has 1 aromatic heterocycles. The van der Waals surface area contributed by atoms with Crippen molar-refractivity contribution in [1.29, 1.82) is 10.5 Å². The smallest absolute Gasteiger partial charge is 0.141 e. The molecule has 0 atom stereocenters. The maximum absolute atomic E-state index is 13.2. The van der Waals surface area contributed by atoms with E-state index in [1.165, 1.54) is 12.1 Å². The van der Waals surface area contributed by atoms with Crippen LogP contribution in [0.1, 0.15) is 22.5 Å². The Balaban J connectivity index is 2.37. The van der Waals surface area contributed by atoms with Gasteiger partial charge in [0.15, 0.2) is 0 Å². The van der Waals surface area contributed by atoms with Crippen LogP contribution in [-0.4, -0.2) is 4.98 Å². The molecule has 0 saturated carbocycles. The van der Waals surface area contributed by atoms with Crippen molar-refractivity contribution in [3.8, 4) is 24.0 Å². The van der Waals surface area contributed by atoms with Crippen LogP contribution in [0, 0.1) is 40.3 Å². The number of rotatable bonds is 0. The Bertz CT molecular complexity index is 770. The molecular weight excluding hydrogens is 241 g/mol. The number of hydrogen-bond acceptors (Lipinski definition) is 3. The second kappa shape index (κ2) is 5.45. The second-order valence-corrected chi connectivity index (χ2v) is 3.61. The van der Waals surface area contributed by atoms with Gasteiger partial charge in [-0.05, 0) is 36.3 Å². The Morgan fingerprint density at radius 1 is 0.895 bits per heavy atom. The molecule has 0 radical (unpaired) electrons. The van der Waals surface area contributed by atoms with E-state index in [4.69, 9.17) is 10.5 Å². The fourth-order valence-electron chi connectivity index (χ4n) is 1.43. The van der Waals surface area contributed by atoms with Gasteiger partial charge in [-0.25, -0.2) is 9.37 Å². The van der Waals surface area contributed by atoms with Crippen LogP contribution >= 0.6 is 0 Å². The Kier molecular flexibility index (Phi) is 3.53. The maximum Gasteiger partial charge on any atom is 0.141 e. The zero-order chi connectivity index (χ0) is 13.7. The predicted molar refractivity (Wildman–Crippen MR) is 66.0 cm³/mol. The van der Waals surface area contributed by atoms with Gasteiger partial charge in [-0.2, -0.15) is 10.5 Å². The van der Waals surface area contributed by atoms with Crippen LogP contribution in [0.25, 0.3) is 0 Å². The summed E-state index contributed by atoms with van der Waals surface area (Å²) in [5, 5.41) is 17.4. The first kappa shape index (κ1) is 12.3. The standard InChI is InChI=1S/C15H6FN3/c16-13-7-11(6-12(8-13)9-17)4-5-14-2-1-3-15(10-18)19-14/h1-3,6-8H. The summed E-state index contributed by atoms with van der Waals surface area (Å²) in [6.07, 6.45) is 0. The zero-order valence-corrected chi connectivity index (χ0v) is 9.68. The van der Waals surface area contributed by atoms with E-state index >= 15 is 0 Å².